The zero-order chi connectivity index (χ0) is 27.2. The lowest BCUT2D eigenvalue weighted by Crippen LogP contribution is -2.10. The van der Waals surface area contributed by atoms with E-state index in [4.69, 9.17) is 33.3 Å². The number of nitrogens with one attached hydrogen (secondary N) is 1. The van der Waals surface area contributed by atoms with Crippen LogP contribution in [0.2, 0.25) is 10.0 Å². The van der Waals surface area contributed by atoms with Crippen molar-refractivity contribution < 1.29 is 4.79 Å². The summed E-state index contributed by atoms with van der Waals surface area (Å²) in [4.78, 5) is 19.5. The second-order valence-electron chi connectivity index (χ2n) is 9.05. The maximum absolute atomic E-state index is 13.6. The highest BCUT2D eigenvalue weighted by molar-refractivity contribution is 7.22. The van der Waals surface area contributed by atoms with Gasteiger partial charge in [0.2, 0.25) is 0 Å². The normalized spacial score (nSPS) is 11.3. The molecule has 9 heteroatoms. The maximum Gasteiger partial charge on any atom is 0.267 e. The van der Waals surface area contributed by atoms with Gasteiger partial charge in [0, 0.05) is 21.8 Å². The number of hydrogen-bond donors (Lipinski definition) is 1. The first-order valence-corrected chi connectivity index (χ1v) is 14.7. The highest BCUT2D eigenvalue weighted by Gasteiger charge is 2.25. The Kier molecular flexibility index (Phi) is 6.37. The standard InChI is InChI=1S/C31H18Cl2N4OS2/c32-20-15-13-18(14-16-20)27-25-26(33)28(40-31(25)37(36-27)22-9-2-1-3-10-22)29(38)34-21-8-6-7-19(17-21)30-35-23-11-4-5-12-24(23)39-30/h1-17H,(H,34,38). The van der Waals surface area contributed by atoms with Gasteiger partial charge in [-0.2, -0.15) is 5.10 Å². The molecule has 0 bridgehead atoms. The number of para-hydroxylation sites is 2. The fourth-order valence-corrected chi connectivity index (χ4v) is 7.15. The van der Waals surface area contributed by atoms with Crippen LogP contribution in [0.3, 0.4) is 0 Å². The van der Waals surface area contributed by atoms with Crippen molar-refractivity contribution >= 4 is 77.9 Å². The average molecular weight is 598 g/mol. The fraction of sp³-hybridized carbons (Fsp3) is 0. The number of aromatic nitrogens is 3. The number of thiophene rings is 1. The number of hydrogen-bond acceptors (Lipinski definition) is 5. The van der Waals surface area contributed by atoms with Crippen molar-refractivity contribution in [2.45, 2.75) is 0 Å². The molecule has 0 saturated carbocycles. The Morgan fingerprint density at radius 1 is 0.800 bits per heavy atom. The monoisotopic (exact) mass is 596 g/mol. The SMILES string of the molecule is O=C(Nc1cccc(-c2nc3ccccc3s2)c1)c1sc2c(c(-c3ccc(Cl)cc3)nn2-c2ccccc2)c1Cl. The molecule has 40 heavy (non-hydrogen) atoms. The van der Waals surface area contributed by atoms with Crippen LogP contribution in [0.4, 0.5) is 5.69 Å². The third-order valence-electron chi connectivity index (χ3n) is 6.45. The molecule has 0 aliphatic heterocycles. The van der Waals surface area contributed by atoms with E-state index < -0.39 is 0 Å². The summed E-state index contributed by atoms with van der Waals surface area (Å²) < 4.78 is 2.95. The number of benzene rings is 4. The van der Waals surface area contributed by atoms with Crippen LogP contribution in [0.1, 0.15) is 9.67 Å². The third-order valence-corrected chi connectivity index (χ3v) is 9.44. The molecule has 0 atom stereocenters. The number of amides is 1. The molecule has 0 spiro atoms. The first kappa shape index (κ1) is 25.0. The van der Waals surface area contributed by atoms with Crippen LogP contribution in [-0.4, -0.2) is 20.7 Å². The van der Waals surface area contributed by atoms with E-state index in [1.165, 1.54) is 11.3 Å². The molecule has 0 unspecified atom stereocenters. The molecule has 5 nitrogen and oxygen atoms in total. The molecule has 0 radical (unpaired) electrons. The molecular weight excluding hydrogens is 579 g/mol. The molecule has 7 rings (SSSR count). The van der Waals surface area contributed by atoms with E-state index in [9.17, 15) is 4.79 Å². The van der Waals surface area contributed by atoms with Crippen LogP contribution in [0.15, 0.2) is 103 Å². The molecule has 3 aromatic heterocycles. The van der Waals surface area contributed by atoms with E-state index in [-0.39, 0.29) is 5.91 Å². The first-order valence-electron chi connectivity index (χ1n) is 12.3. The number of carbonyl (C=O) groups excluding carboxylic acids is 1. The number of thiazole rings is 1. The molecule has 0 aliphatic carbocycles. The Morgan fingerprint density at radius 3 is 2.38 bits per heavy atom. The smallest absolute Gasteiger partial charge is 0.267 e. The summed E-state index contributed by atoms with van der Waals surface area (Å²) in [6.45, 7) is 0. The van der Waals surface area contributed by atoms with Crippen molar-refractivity contribution in [1.82, 2.24) is 14.8 Å². The van der Waals surface area contributed by atoms with Crippen molar-refractivity contribution in [2.75, 3.05) is 5.32 Å². The van der Waals surface area contributed by atoms with Crippen LogP contribution in [0, 0.1) is 0 Å². The number of anilines is 1. The molecule has 4 aromatic carbocycles. The molecule has 0 aliphatic rings. The van der Waals surface area contributed by atoms with E-state index >= 15 is 0 Å². The van der Waals surface area contributed by atoms with E-state index in [1.54, 1.807) is 11.3 Å². The minimum atomic E-state index is -0.283. The molecule has 0 fully saturated rings. The molecule has 1 N–H and O–H groups in total. The molecule has 1 amide bonds. The fourth-order valence-electron chi connectivity index (χ4n) is 4.56. The zero-order valence-corrected chi connectivity index (χ0v) is 23.8. The van der Waals surface area contributed by atoms with Gasteiger partial charge in [-0.05, 0) is 48.5 Å². The van der Waals surface area contributed by atoms with Crippen LogP contribution >= 0.6 is 45.9 Å². The molecule has 0 saturated heterocycles. The van der Waals surface area contributed by atoms with Gasteiger partial charge in [-0.25, -0.2) is 9.67 Å². The zero-order valence-electron chi connectivity index (χ0n) is 20.6. The van der Waals surface area contributed by atoms with E-state index in [0.717, 1.165) is 42.3 Å². The maximum atomic E-state index is 13.6. The summed E-state index contributed by atoms with van der Waals surface area (Å²) >= 11 is 16.0. The summed E-state index contributed by atoms with van der Waals surface area (Å²) in [5.41, 5.74) is 4.98. The van der Waals surface area contributed by atoms with E-state index in [2.05, 4.69) is 11.4 Å². The lowest BCUT2D eigenvalue weighted by molar-refractivity contribution is 0.103. The Labute approximate surface area is 247 Å². The number of carbonyl (C=O) groups is 1. The topological polar surface area (TPSA) is 59.8 Å². The van der Waals surface area contributed by atoms with Gasteiger partial charge in [-0.3, -0.25) is 4.79 Å². The van der Waals surface area contributed by atoms with Crippen molar-refractivity contribution in [1.29, 1.82) is 0 Å². The van der Waals surface area contributed by atoms with Crippen LogP contribution in [0.5, 0.6) is 0 Å². The number of nitrogens with zero attached hydrogens (tertiary/aromatic N) is 3. The van der Waals surface area contributed by atoms with Gasteiger partial charge in [-0.1, -0.05) is 77.8 Å². The van der Waals surface area contributed by atoms with Gasteiger partial charge in [0.05, 0.1) is 26.3 Å². The van der Waals surface area contributed by atoms with Crippen LogP contribution < -0.4 is 5.32 Å². The van der Waals surface area contributed by atoms with Gasteiger partial charge in [0.25, 0.3) is 5.91 Å². The average Bonchev–Trinajstić information content (AvgIpc) is 3.67. The van der Waals surface area contributed by atoms with Gasteiger partial charge in [0.1, 0.15) is 20.4 Å². The van der Waals surface area contributed by atoms with Crippen molar-refractivity contribution in [3.8, 4) is 27.5 Å². The van der Waals surface area contributed by atoms with Gasteiger partial charge in [-0.15, -0.1) is 22.7 Å². The third kappa shape index (κ3) is 4.47. The summed E-state index contributed by atoms with van der Waals surface area (Å²) in [6.07, 6.45) is 0. The second-order valence-corrected chi connectivity index (χ2v) is 11.9. The summed E-state index contributed by atoms with van der Waals surface area (Å²) in [6, 6.07) is 33.0. The molecule has 194 valence electrons. The van der Waals surface area contributed by atoms with Gasteiger partial charge >= 0.3 is 0 Å². The highest BCUT2D eigenvalue weighted by atomic mass is 35.5. The summed E-state index contributed by atoms with van der Waals surface area (Å²) in [5, 5.41) is 10.5. The Bertz CT molecular complexity index is 2000. The molecule has 3 heterocycles. The van der Waals surface area contributed by atoms with Crippen molar-refractivity contribution in [3.63, 3.8) is 0 Å². The number of fused-ring (bicyclic) bond motifs is 2. The number of rotatable bonds is 5. The molecular formula is C31H18Cl2N4OS2. The molecule has 7 aromatic rings. The first-order chi connectivity index (χ1) is 19.5. The number of halogens is 2. The minimum absolute atomic E-state index is 0.283. The van der Waals surface area contributed by atoms with Crippen LogP contribution in [-0.2, 0) is 0 Å². The van der Waals surface area contributed by atoms with Gasteiger partial charge < -0.3 is 5.32 Å². The summed E-state index contributed by atoms with van der Waals surface area (Å²) in [7, 11) is 0. The highest BCUT2D eigenvalue weighted by Crippen LogP contribution is 2.43. The lowest BCUT2D eigenvalue weighted by atomic mass is 10.1. The largest absolute Gasteiger partial charge is 0.321 e. The second kappa shape index (κ2) is 10.2. The summed E-state index contributed by atoms with van der Waals surface area (Å²) in [5.74, 6) is -0.283. The lowest BCUT2D eigenvalue weighted by Gasteiger charge is -2.06. The van der Waals surface area contributed by atoms with Crippen molar-refractivity contribution in [3.05, 3.63) is 118 Å². The minimum Gasteiger partial charge on any atom is -0.321 e. The van der Waals surface area contributed by atoms with Crippen molar-refractivity contribution in [2.24, 2.45) is 0 Å². The predicted molar refractivity (Wildman–Crippen MR) is 167 cm³/mol. The Hall–Kier alpha value is -4.01. The Balaban J connectivity index is 1.28. The van der Waals surface area contributed by atoms with E-state index in [0.29, 0.717) is 26.3 Å². The Morgan fingerprint density at radius 2 is 1.57 bits per heavy atom. The predicted octanol–water partition coefficient (Wildman–Crippen LogP) is 9.59. The van der Waals surface area contributed by atoms with Gasteiger partial charge in [0.15, 0.2) is 0 Å². The quantitative estimate of drug-likeness (QED) is 0.215. The van der Waals surface area contributed by atoms with Crippen LogP contribution in [0.25, 0.3) is 47.9 Å². The van der Waals surface area contributed by atoms with E-state index in [1.807, 2.05) is 102 Å².